The van der Waals surface area contributed by atoms with Crippen LogP contribution in [0.2, 0.25) is 11.6 Å². The minimum Gasteiger partial charge on any atom is -0.0710 e. The maximum absolute atomic E-state index is 2.34. The summed E-state index contributed by atoms with van der Waals surface area (Å²) in [5.41, 5.74) is 0. The average Bonchev–Trinajstić information content (AvgIpc) is 1.84. The molecule has 0 amide bonds. The molecule has 0 aliphatic rings. The molecular formula is C11H25B. The fraction of sp³-hybridized carbons (Fsp3) is 1.00. The quantitative estimate of drug-likeness (QED) is 0.528. The molecule has 0 spiro atoms. The lowest BCUT2D eigenvalue weighted by Gasteiger charge is -2.18. The third-order valence-electron chi connectivity index (χ3n) is 2.31. The van der Waals surface area contributed by atoms with Crippen LogP contribution in [0.1, 0.15) is 53.9 Å². The van der Waals surface area contributed by atoms with Crippen molar-refractivity contribution < 1.29 is 0 Å². The highest BCUT2D eigenvalue weighted by Gasteiger charge is 2.12. The maximum Gasteiger partial charge on any atom is 0.126 e. The average molecular weight is 168 g/mol. The molecule has 0 nitrogen and oxygen atoms in total. The van der Waals surface area contributed by atoms with Crippen LogP contribution in [-0.4, -0.2) is 7.28 Å². The summed E-state index contributed by atoms with van der Waals surface area (Å²) in [6.45, 7) is 11.6. The Morgan fingerprint density at radius 2 is 1.67 bits per heavy atom. The van der Waals surface area contributed by atoms with Crippen LogP contribution in [-0.2, 0) is 0 Å². The first kappa shape index (κ1) is 12.1. The molecule has 0 radical (unpaired) electrons. The molecule has 1 atom stereocenters. The van der Waals surface area contributed by atoms with E-state index >= 15 is 0 Å². The first-order chi connectivity index (χ1) is 5.56. The number of rotatable bonds is 6. The molecular weight excluding hydrogens is 143 g/mol. The molecule has 0 aromatic carbocycles. The summed E-state index contributed by atoms with van der Waals surface area (Å²) in [7, 11) is 1.42. The van der Waals surface area contributed by atoms with Gasteiger partial charge >= 0.3 is 0 Å². The minimum absolute atomic E-state index is 0.875. The summed E-state index contributed by atoms with van der Waals surface area (Å²) in [5.74, 6) is 2.73. The Hall–Kier alpha value is 0.0649. The van der Waals surface area contributed by atoms with Gasteiger partial charge in [-0.15, -0.1) is 0 Å². The highest BCUT2D eigenvalue weighted by atomic mass is 14.1. The Bertz CT molecular complexity index is 87.2. The third kappa shape index (κ3) is 6.76. The molecule has 0 aromatic rings. The van der Waals surface area contributed by atoms with Crippen LogP contribution in [0, 0.1) is 5.92 Å². The predicted octanol–water partition coefficient (Wildman–Crippen LogP) is 3.89. The summed E-state index contributed by atoms with van der Waals surface area (Å²) < 4.78 is 0. The van der Waals surface area contributed by atoms with E-state index < -0.39 is 0 Å². The van der Waals surface area contributed by atoms with Crippen molar-refractivity contribution in [2.45, 2.75) is 65.5 Å². The summed E-state index contributed by atoms with van der Waals surface area (Å²) in [4.78, 5) is 0. The van der Waals surface area contributed by atoms with E-state index in [0.29, 0.717) is 0 Å². The molecule has 1 unspecified atom stereocenters. The fourth-order valence-corrected chi connectivity index (χ4v) is 2.07. The van der Waals surface area contributed by atoms with E-state index in [2.05, 4.69) is 34.6 Å². The fourth-order valence-electron chi connectivity index (χ4n) is 2.07. The van der Waals surface area contributed by atoms with Crippen molar-refractivity contribution in [3.8, 4) is 0 Å². The molecule has 0 aromatic heterocycles. The van der Waals surface area contributed by atoms with Crippen LogP contribution >= 0.6 is 0 Å². The predicted molar refractivity (Wildman–Crippen MR) is 60.4 cm³/mol. The largest absolute Gasteiger partial charge is 0.126 e. The van der Waals surface area contributed by atoms with E-state index in [1.54, 1.807) is 0 Å². The van der Waals surface area contributed by atoms with Crippen LogP contribution in [0.5, 0.6) is 0 Å². The van der Waals surface area contributed by atoms with Crippen LogP contribution in [0.25, 0.3) is 0 Å². The Labute approximate surface area is 79.4 Å². The van der Waals surface area contributed by atoms with Gasteiger partial charge in [-0.3, -0.25) is 0 Å². The van der Waals surface area contributed by atoms with Crippen LogP contribution in [0.4, 0.5) is 0 Å². The van der Waals surface area contributed by atoms with E-state index in [1.165, 1.54) is 26.5 Å². The minimum atomic E-state index is 0.875. The van der Waals surface area contributed by atoms with E-state index in [0.717, 1.165) is 17.6 Å². The van der Waals surface area contributed by atoms with Gasteiger partial charge in [0.15, 0.2) is 0 Å². The normalized spacial score (nSPS) is 13.9. The molecule has 0 N–H and O–H groups in total. The molecule has 0 bridgehead atoms. The lowest BCUT2D eigenvalue weighted by molar-refractivity contribution is 0.528. The lowest BCUT2D eigenvalue weighted by atomic mass is 9.53. The standard InChI is InChI=1S/C11H25B/c1-6-7-11(8-9(2)3)12-10(4)5/h9-12H,6-8H2,1-5H3. The Balaban J connectivity index is 3.69. The van der Waals surface area contributed by atoms with Crippen LogP contribution in [0.3, 0.4) is 0 Å². The zero-order valence-electron chi connectivity index (χ0n) is 9.56. The van der Waals surface area contributed by atoms with Gasteiger partial charge in [-0.05, 0) is 5.92 Å². The summed E-state index contributed by atoms with van der Waals surface area (Å²) in [6, 6.07) is 0. The van der Waals surface area contributed by atoms with Crippen molar-refractivity contribution in [3.63, 3.8) is 0 Å². The smallest absolute Gasteiger partial charge is 0.0710 e. The van der Waals surface area contributed by atoms with Gasteiger partial charge in [0.2, 0.25) is 0 Å². The zero-order chi connectivity index (χ0) is 9.56. The monoisotopic (exact) mass is 168 g/mol. The van der Waals surface area contributed by atoms with Crippen molar-refractivity contribution in [2.75, 3.05) is 0 Å². The van der Waals surface area contributed by atoms with E-state index in [9.17, 15) is 0 Å². The van der Waals surface area contributed by atoms with Gasteiger partial charge in [-0.25, -0.2) is 0 Å². The van der Waals surface area contributed by atoms with Gasteiger partial charge in [0, 0.05) is 0 Å². The molecule has 0 heterocycles. The van der Waals surface area contributed by atoms with E-state index in [4.69, 9.17) is 0 Å². The second kappa shape index (κ2) is 6.57. The highest BCUT2D eigenvalue weighted by molar-refractivity contribution is 6.39. The van der Waals surface area contributed by atoms with Crippen LogP contribution < -0.4 is 0 Å². The molecule has 1 heteroatoms. The molecule has 0 fully saturated rings. The van der Waals surface area contributed by atoms with Gasteiger partial charge < -0.3 is 0 Å². The van der Waals surface area contributed by atoms with Gasteiger partial charge in [0.1, 0.15) is 7.28 Å². The van der Waals surface area contributed by atoms with Gasteiger partial charge in [-0.1, -0.05) is 65.5 Å². The Kier molecular flexibility index (Phi) is 6.60. The van der Waals surface area contributed by atoms with E-state index in [-0.39, 0.29) is 0 Å². The lowest BCUT2D eigenvalue weighted by Crippen LogP contribution is -2.09. The van der Waals surface area contributed by atoms with Crippen molar-refractivity contribution in [2.24, 2.45) is 5.92 Å². The first-order valence-electron chi connectivity index (χ1n) is 5.56. The third-order valence-corrected chi connectivity index (χ3v) is 2.31. The highest BCUT2D eigenvalue weighted by Crippen LogP contribution is 2.25. The summed E-state index contributed by atoms with van der Waals surface area (Å²) in [6.07, 6.45) is 4.20. The summed E-state index contributed by atoms with van der Waals surface area (Å²) >= 11 is 0. The van der Waals surface area contributed by atoms with Gasteiger partial charge in [0.05, 0.1) is 0 Å². The maximum atomic E-state index is 2.34. The first-order valence-corrected chi connectivity index (χ1v) is 5.56. The van der Waals surface area contributed by atoms with Crippen molar-refractivity contribution >= 4 is 7.28 Å². The van der Waals surface area contributed by atoms with E-state index in [1.807, 2.05) is 0 Å². The van der Waals surface area contributed by atoms with Gasteiger partial charge in [-0.2, -0.15) is 0 Å². The Morgan fingerprint density at radius 1 is 1.08 bits per heavy atom. The number of hydrogen-bond donors (Lipinski definition) is 0. The Morgan fingerprint density at radius 3 is 2.00 bits per heavy atom. The molecule has 72 valence electrons. The van der Waals surface area contributed by atoms with Crippen LogP contribution in [0.15, 0.2) is 0 Å². The zero-order valence-corrected chi connectivity index (χ0v) is 9.56. The second-order valence-corrected chi connectivity index (χ2v) is 4.91. The molecule has 0 saturated heterocycles. The summed E-state index contributed by atoms with van der Waals surface area (Å²) in [5, 5.41) is 0. The molecule has 0 aliphatic heterocycles. The topological polar surface area (TPSA) is 0 Å². The second-order valence-electron chi connectivity index (χ2n) is 4.91. The SMILES string of the molecule is CCCC(BC(C)C)CC(C)C. The van der Waals surface area contributed by atoms with Crippen molar-refractivity contribution in [1.29, 1.82) is 0 Å². The van der Waals surface area contributed by atoms with Crippen molar-refractivity contribution in [3.05, 3.63) is 0 Å². The molecule has 0 saturated carbocycles. The van der Waals surface area contributed by atoms with Gasteiger partial charge in [0.25, 0.3) is 0 Å². The van der Waals surface area contributed by atoms with Crippen molar-refractivity contribution in [1.82, 2.24) is 0 Å². The molecule has 0 aliphatic carbocycles. The number of hydrogen-bond acceptors (Lipinski definition) is 0. The molecule has 12 heavy (non-hydrogen) atoms. The molecule has 0 rings (SSSR count).